The molecule has 3 rings (SSSR count). The Bertz CT molecular complexity index is 790. The monoisotopic (exact) mass is 401 g/mol. The summed E-state index contributed by atoms with van der Waals surface area (Å²) in [5, 5.41) is 5.83. The summed E-state index contributed by atoms with van der Waals surface area (Å²) >= 11 is 7.49. The first-order valence-electron chi connectivity index (χ1n) is 7.97. The number of nitrogens with zero attached hydrogens (tertiary/aromatic N) is 2. The molecule has 0 radical (unpaired) electrons. The van der Waals surface area contributed by atoms with Crippen LogP contribution in [0.2, 0.25) is 5.02 Å². The number of hydrogen-bond donors (Lipinski definition) is 1. The van der Waals surface area contributed by atoms with Gasteiger partial charge in [0.05, 0.1) is 6.04 Å². The van der Waals surface area contributed by atoms with Crippen LogP contribution >= 0.6 is 35.3 Å². The van der Waals surface area contributed by atoms with Gasteiger partial charge in [0.25, 0.3) is 0 Å². The molecule has 1 aliphatic rings. The number of piperazine rings is 1. The maximum Gasteiger partial charge on any atom is 0.307 e. The molecule has 0 aliphatic carbocycles. The van der Waals surface area contributed by atoms with Gasteiger partial charge in [0.2, 0.25) is 5.91 Å². The lowest BCUT2D eigenvalue weighted by Crippen LogP contribution is -2.49. The summed E-state index contributed by atoms with van der Waals surface area (Å²) in [6.07, 6.45) is 0.318. The fourth-order valence-electron chi connectivity index (χ4n) is 3.05. The molecule has 136 valence electrons. The number of carbonyl (C=O) groups excluding carboxylic acids is 1. The summed E-state index contributed by atoms with van der Waals surface area (Å²) in [7, 11) is 0. The zero-order chi connectivity index (χ0) is 17.1. The zero-order valence-electron chi connectivity index (χ0n) is 13.9. The van der Waals surface area contributed by atoms with Gasteiger partial charge in [-0.15, -0.1) is 12.4 Å². The number of halogens is 2. The predicted molar refractivity (Wildman–Crippen MR) is 104 cm³/mol. The lowest BCUT2D eigenvalue weighted by molar-refractivity contribution is -0.134. The number of aryl methyl sites for hydroxylation is 1. The van der Waals surface area contributed by atoms with Crippen molar-refractivity contribution in [3.05, 3.63) is 55.6 Å². The second kappa shape index (κ2) is 8.85. The first kappa shape index (κ1) is 20.0. The van der Waals surface area contributed by atoms with Crippen LogP contribution in [0.15, 0.2) is 34.4 Å². The Morgan fingerprint density at radius 1 is 1.40 bits per heavy atom. The highest BCUT2D eigenvalue weighted by molar-refractivity contribution is 7.07. The fraction of sp³-hybridized carbons (Fsp3) is 0.412. The summed E-state index contributed by atoms with van der Waals surface area (Å²) in [4.78, 5) is 26.4. The van der Waals surface area contributed by atoms with E-state index in [1.54, 1.807) is 4.57 Å². The molecule has 0 spiro atoms. The van der Waals surface area contributed by atoms with Crippen molar-refractivity contribution in [1.82, 2.24) is 14.8 Å². The Hall–Kier alpha value is -1.34. The van der Waals surface area contributed by atoms with Crippen LogP contribution in [0.4, 0.5) is 0 Å². The van der Waals surface area contributed by atoms with E-state index in [2.05, 4.69) is 5.32 Å². The summed E-state index contributed by atoms with van der Waals surface area (Å²) in [5.41, 5.74) is 1.87. The minimum Gasteiger partial charge on any atom is -0.333 e. The van der Waals surface area contributed by atoms with Crippen molar-refractivity contribution in [2.45, 2.75) is 25.9 Å². The molecule has 1 fully saturated rings. The summed E-state index contributed by atoms with van der Waals surface area (Å²) in [6.45, 7) is 4.41. The number of thiazole rings is 1. The third-order valence-electron chi connectivity index (χ3n) is 4.35. The van der Waals surface area contributed by atoms with Gasteiger partial charge < -0.3 is 14.8 Å². The standard InChI is InChI=1S/C17H20ClN3O2S.ClH/c1-12-11-24-17(23)20(12)8-6-16(22)21-9-7-19-10-15(21)13-4-2-3-5-14(13)18;/h2-5,11,15,19H,6-10H2,1H3;1H. The van der Waals surface area contributed by atoms with Gasteiger partial charge in [-0.2, -0.15) is 0 Å². The molecular formula is C17H21Cl2N3O2S. The number of nitrogens with one attached hydrogen (secondary N) is 1. The third kappa shape index (κ3) is 4.44. The largest absolute Gasteiger partial charge is 0.333 e. The van der Waals surface area contributed by atoms with Gasteiger partial charge in [-0.25, -0.2) is 0 Å². The average Bonchev–Trinajstić information content (AvgIpc) is 2.91. The maximum absolute atomic E-state index is 12.8. The summed E-state index contributed by atoms with van der Waals surface area (Å²) in [5.74, 6) is 0.0546. The molecule has 1 saturated heterocycles. The molecule has 1 atom stereocenters. The van der Waals surface area contributed by atoms with E-state index in [4.69, 9.17) is 11.6 Å². The Morgan fingerprint density at radius 2 is 2.16 bits per heavy atom. The molecular weight excluding hydrogens is 381 g/mol. The van der Waals surface area contributed by atoms with Crippen LogP contribution in [0.1, 0.15) is 23.7 Å². The van der Waals surface area contributed by atoms with Gasteiger partial charge in [0.15, 0.2) is 0 Å². The van der Waals surface area contributed by atoms with Gasteiger partial charge in [-0.3, -0.25) is 9.59 Å². The number of benzene rings is 1. The van der Waals surface area contributed by atoms with E-state index in [1.165, 1.54) is 11.3 Å². The van der Waals surface area contributed by atoms with Crippen LogP contribution in [0.5, 0.6) is 0 Å². The van der Waals surface area contributed by atoms with Gasteiger partial charge in [-0.05, 0) is 18.6 Å². The predicted octanol–water partition coefficient (Wildman–Crippen LogP) is 2.86. The Kier molecular flexibility index (Phi) is 7.07. The number of aromatic nitrogens is 1. The van der Waals surface area contributed by atoms with E-state index in [0.717, 1.165) is 17.8 Å². The summed E-state index contributed by atoms with van der Waals surface area (Å²) < 4.78 is 1.66. The minimum absolute atomic E-state index is 0. The van der Waals surface area contributed by atoms with Crippen molar-refractivity contribution in [3.8, 4) is 0 Å². The van der Waals surface area contributed by atoms with Crippen molar-refractivity contribution in [2.24, 2.45) is 0 Å². The van der Waals surface area contributed by atoms with E-state index >= 15 is 0 Å². The molecule has 1 aliphatic heterocycles. The Balaban J connectivity index is 0.00000225. The SMILES string of the molecule is Cc1csc(=O)n1CCC(=O)N1CCNCC1c1ccccc1Cl.Cl. The van der Waals surface area contributed by atoms with Crippen LogP contribution in [0.3, 0.4) is 0 Å². The molecule has 1 amide bonds. The van der Waals surface area contributed by atoms with Crippen molar-refractivity contribution >= 4 is 41.3 Å². The van der Waals surface area contributed by atoms with Gasteiger partial charge in [0, 0.05) is 48.7 Å². The Morgan fingerprint density at radius 3 is 2.84 bits per heavy atom. The molecule has 25 heavy (non-hydrogen) atoms. The molecule has 1 aromatic carbocycles. The van der Waals surface area contributed by atoms with E-state index in [9.17, 15) is 9.59 Å². The van der Waals surface area contributed by atoms with Crippen molar-refractivity contribution in [1.29, 1.82) is 0 Å². The van der Waals surface area contributed by atoms with Crippen LogP contribution < -0.4 is 10.2 Å². The molecule has 0 bridgehead atoms. The summed E-state index contributed by atoms with van der Waals surface area (Å²) in [6, 6.07) is 7.57. The molecule has 2 heterocycles. The van der Waals surface area contributed by atoms with Crippen LogP contribution in [-0.2, 0) is 11.3 Å². The first-order chi connectivity index (χ1) is 11.6. The third-order valence-corrected chi connectivity index (χ3v) is 5.58. The van der Waals surface area contributed by atoms with Crippen LogP contribution in [0.25, 0.3) is 0 Å². The lowest BCUT2D eigenvalue weighted by atomic mass is 10.0. The zero-order valence-corrected chi connectivity index (χ0v) is 16.3. The Labute approximate surface area is 162 Å². The average molecular weight is 402 g/mol. The second-order valence-corrected chi connectivity index (χ2v) is 7.10. The number of rotatable bonds is 4. The number of hydrogen-bond acceptors (Lipinski definition) is 4. The van der Waals surface area contributed by atoms with E-state index < -0.39 is 0 Å². The van der Waals surface area contributed by atoms with Crippen LogP contribution in [-0.4, -0.2) is 35.0 Å². The van der Waals surface area contributed by atoms with Gasteiger partial charge in [0.1, 0.15) is 0 Å². The highest BCUT2D eigenvalue weighted by Gasteiger charge is 2.28. The van der Waals surface area contributed by atoms with E-state index in [1.807, 2.05) is 41.5 Å². The van der Waals surface area contributed by atoms with Crippen LogP contribution in [0, 0.1) is 6.92 Å². The van der Waals surface area contributed by atoms with Gasteiger partial charge in [-0.1, -0.05) is 41.1 Å². The molecule has 0 saturated carbocycles. The van der Waals surface area contributed by atoms with Crippen molar-refractivity contribution < 1.29 is 4.79 Å². The molecule has 1 N–H and O–H groups in total. The molecule has 2 aromatic rings. The van der Waals surface area contributed by atoms with Crippen molar-refractivity contribution in [2.75, 3.05) is 19.6 Å². The smallest absolute Gasteiger partial charge is 0.307 e. The normalized spacial score (nSPS) is 17.2. The first-order valence-corrected chi connectivity index (χ1v) is 9.23. The molecule has 8 heteroatoms. The highest BCUT2D eigenvalue weighted by Crippen LogP contribution is 2.28. The fourth-order valence-corrected chi connectivity index (χ4v) is 4.07. The molecule has 5 nitrogen and oxygen atoms in total. The lowest BCUT2D eigenvalue weighted by Gasteiger charge is -2.37. The second-order valence-electron chi connectivity index (χ2n) is 5.87. The molecule has 1 unspecified atom stereocenters. The number of amides is 1. The van der Waals surface area contributed by atoms with E-state index in [-0.39, 0.29) is 29.2 Å². The topological polar surface area (TPSA) is 54.3 Å². The number of carbonyl (C=O) groups is 1. The maximum atomic E-state index is 12.8. The quantitative estimate of drug-likeness (QED) is 0.856. The highest BCUT2D eigenvalue weighted by atomic mass is 35.5. The van der Waals surface area contributed by atoms with E-state index in [0.29, 0.717) is 31.1 Å². The van der Waals surface area contributed by atoms with Crippen molar-refractivity contribution in [3.63, 3.8) is 0 Å². The van der Waals surface area contributed by atoms with Gasteiger partial charge >= 0.3 is 4.87 Å². The molecule has 1 aromatic heterocycles. The minimum atomic E-state index is -0.0692.